The van der Waals surface area contributed by atoms with E-state index in [1.165, 1.54) is 0 Å². The molecule has 0 heterocycles. The number of hydrogen-bond donors (Lipinski definition) is 1. The van der Waals surface area contributed by atoms with Gasteiger partial charge in [-0.15, -0.1) is 0 Å². The third-order valence-electron chi connectivity index (χ3n) is 1.67. The van der Waals surface area contributed by atoms with Gasteiger partial charge in [0.2, 0.25) is 0 Å². The molecule has 14 heavy (non-hydrogen) atoms. The SMILES string of the molecule is CC(C)(CO)N=C=Nc1ccccc1. The minimum Gasteiger partial charge on any atom is -0.394 e. The van der Waals surface area contributed by atoms with Crippen molar-refractivity contribution in [3.8, 4) is 0 Å². The van der Waals surface area contributed by atoms with Gasteiger partial charge < -0.3 is 5.11 Å². The van der Waals surface area contributed by atoms with Gasteiger partial charge in [0.15, 0.2) is 0 Å². The zero-order valence-corrected chi connectivity index (χ0v) is 8.44. The maximum absolute atomic E-state index is 8.92. The van der Waals surface area contributed by atoms with Crippen LogP contribution < -0.4 is 0 Å². The molecule has 0 amide bonds. The molecule has 0 aromatic heterocycles. The number of rotatable bonds is 3. The molecule has 0 bridgehead atoms. The Morgan fingerprint density at radius 3 is 2.50 bits per heavy atom. The van der Waals surface area contributed by atoms with Gasteiger partial charge in [-0.05, 0) is 26.0 Å². The maximum atomic E-state index is 8.92. The summed E-state index contributed by atoms with van der Waals surface area (Å²) >= 11 is 0. The number of aliphatic hydroxyl groups is 1. The monoisotopic (exact) mass is 190 g/mol. The molecule has 0 fully saturated rings. The fourth-order valence-corrected chi connectivity index (χ4v) is 0.756. The standard InChI is InChI=1S/C11H14N2O/c1-11(2,8-14)13-9-12-10-6-4-3-5-7-10/h3-7,14H,8H2,1-2H3. The molecule has 3 nitrogen and oxygen atoms in total. The highest BCUT2D eigenvalue weighted by atomic mass is 16.3. The summed E-state index contributed by atoms with van der Waals surface area (Å²) < 4.78 is 0. The van der Waals surface area contributed by atoms with Crippen LogP contribution in [0, 0.1) is 0 Å². The molecule has 0 saturated heterocycles. The second-order valence-electron chi connectivity index (χ2n) is 3.63. The lowest BCUT2D eigenvalue weighted by Gasteiger charge is -2.11. The molecular formula is C11H14N2O. The fourth-order valence-electron chi connectivity index (χ4n) is 0.756. The molecule has 1 N–H and O–H groups in total. The van der Waals surface area contributed by atoms with Crippen LogP contribution in [-0.4, -0.2) is 23.3 Å². The van der Waals surface area contributed by atoms with Crippen LogP contribution in [0.2, 0.25) is 0 Å². The minimum atomic E-state index is -0.502. The van der Waals surface area contributed by atoms with Gasteiger partial charge in [-0.3, -0.25) is 0 Å². The van der Waals surface area contributed by atoms with Gasteiger partial charge in [0.05, 0.1) is 23.8 Å². The van der Waals surface area contributed by atoms with Crippen molar-refractivity contribution in [2.24, 2.45) is 9.98 Å². The first-order valence-corrected chi connectivity index (χ1v) is 4.47. The normalized spacial score (nSPS) is 10.5. The lowest BCUT2D eigenvalue weighted by atomic mass is 10.1. The quantitative estimate of drug-likeness (QED) is 0.730. The second-order valence-corrected chi connectivity index (χ2v) is 3.63. The van der Waals surface area contributed by atoms with E-state index in [1.807, 2.05) is 44.2 Å². The van der Waals surface area contributed by atoms with Gasteiger partial charge in [-0.1, -0.05) is 18.2 Å². The number of hydrogen-bond acceptors (Lipinski definition) is 3. The van der Waals surface area contributed by atoms with Crippen LogP contribution in [0.5, 0.6) is 0 Å². The zero-order chi connectivity index (χ0) is 10.4. The van der Waals surface area contributed by atoms with Crippen molar-refractivity contribution in [3.05, 3.63) is 30.3 Å². The fraction of sp³-hybridized carbons (Fsp3) is 0.364. The lowest BCUT2D eigenvalue weighted by molar-refractivity contribution is 0.223. The van der Waals surface area contributed by atoms with Crippen LogP contribution in [0.3, 0.4) is 0 Å². The summed E-state index contributed by atoms with van der Waals surface area (Å²) in [4.78, 5) is 8.01. The van der Waals surface area contributed by atoms with Crippen LogP contribution in [0.15, 0.2) is 40.3 Å². The topological polar surface area (TPSA) is 45.0 Å². The van der Waals surface area contributed by atoms with Crippen LogP contribution in [-0.2, 0) is 0 Å². The van der Waals surface area contributed by atoms with Crippen molar-refractivity contribution in [1.82, 2.24) is 0 Å². The predicted octanol–water partition coefficient (Wildman–Crippen LogP) is 2.26. The van der Waals surface area contributed by atoms with Crippen molar-refractivity contribution in [3.63, 3.8) is 0 Å². The molecule has 0 aliphatic carbocycles. The second kappa shape index (κ2) is 4.70. The molecule has 0 unspecified atom stereocenters. The van der Waals surface area contributed by atoms with Crippen molar-refractivity contribution >= 4 is 11.7 Å². The molecule has 0 spiro atoms. The van der Waals surface area contributed by atoms with Gasteiger partial charge >= 0.3 is 0 Å². The van der Waals surface area contributed by atoms with Gasteiger partial charge in [0.25, 0.3) is 0 Å². The Bertz CT molecular complexity index is 338. The highest BCUT2D eigenvalue weighted by molar-refractivity contribution is 5.52. The van der Waals surface area contributed by atoms with E-state index in [-0.39, 0.29) is 6.61 Å². The highest BCUT2D eigenvalue weighted by Gasteiger charge is 2.12. The van der Waals surface area contributed by atoms with Crippen molar-refractivity contribution < 1.29 is 5.11 Å². The Balaban J connectivity index is 2.74. The molecular weight excluding hydrogens is 176 g/mol. The summed E-state index contributed by atoms with van der Waals surface area (Å²) in [6.45, 7) is 3.63. The van der Waals surface area contributed by atoms with Crippen molar-refractivity contribution in [2.75, 3.05) is 6.61 Å². The van der Waals surface area contributed by atoms with Gasteiger partial charge in [-0.25, -0.2) is 4.99 Å². The van der Waals surface area contributed by atoms with E-state index >= 15 is 0 Å². The van der Waals surface area contributed by atoms with Gasteiger partial charge in [0.1, 0.15) is 0 Å². The van der Waals surface area contributed by atoms with Crippen LogP contribution >= 0.6 is 0 Å². The average Bonchev–Trinajstić information content (AvgIpc) is 2.19. The van der Waals surface area contributed by atoms with E-state index in [1.54, 1.807) is 0 Å². The smallest absolute Gasteiger partial charge is 0.0955 e. The summed E-state index contributed by atoms with van der Waals surface area (Å²) in [5.74, 6) is 0. The third kappa shape index (κ3) is 3.52. The van der Waals surface area contributed by atoms with Gasteiger partial charge in [-0.2, -0.15) is 4.99 Å². The first-order chi connectivity index (χ1) is 6.64. The van der Waals surface area contributed by atoms with Crippen LogP contribution in [0.1, 0.15) is 13.8 Å². The first kappa shape index (κ1) is 10.6. The largest absolute Gasteiger partial charge is 0.394 e. The molecule has 0 atom stereocenters. The molecule has 0 aliphatic heterocycles. The molecule has 0 saturated carbocycles. The summed E-state index contributed by atoms with van der Waals surface area (Å²) in [5, 5.41) is 8.92. The molecule has 3 heteroatoms. The highest BCUT2D eigenvalue weighted by Crippen LogP contribution is 2.09. The molecule has 1 rings (SSSR count). The van der Waals surface area contributed by atoms with E-state index in [0.29, 0.717) is 0 Å². The minimum absolute atomic E-state index is 0.00961. The van der Waals surface area contributed by atoms with Crippen molar-refractivity contribution in [2.45, 2.75) is 19.4 Å². The van der Waals surface area contributed by atoms with Gasteiger partial charge in [0, 0.05) is 0 Å². The van der Waals surface area contributed by atoms with E-state index in [2.05, 4.69) is 16.0 Å². The third-order valence-corrected chi connectivity index (χ3v) is 1.67. The van der Waals surface area contributed by atoms with E-state index in [0.717, 1.165) is 5.69 Å². The Morgan fingerprint density at radius 1 is 1.29 bits per heavy atom. The number of para-hydroxylation sites is 1. The lowest BCUT2D eigenvalue weighted by Crippen LogP contribution is -2.21. The Morgan fingerprint density at radius 2 is 1.93 bits per heavy atom. The van der Waals surface area contributed by atoms with E-state index < -0.39 is 5.54 Å². The maximum Gasteiger partial charge on any atom is 0.0955 e. The van der Waals surface area contributed by atoms with Crippen LogP contribution in [0.4, 0.5) is 5.69 Å². The number of nitrogens with zero attached hydrogens (tertiary/aromatic N) is 2. The molecule has 1 aromatic rings. The summed E-state index contributed by atoms with van der Waals surface area (Å²) in [7, 11) is 0. The summed E-state index contributed by atoms with van der Waals surface area (Å²) in [5.41, 5.74) is 0.308. The Hall–Kier alpha value is -1.44. The van der Waals surface area contributed by atoms with E-state index in [9.17, 15) is 0 Å². The molecule has 0 radical (unpaired) electrons. The zero-order valence-electron chi connectivity index (χ0n) is 8.44. The average molecular weight is 190 g/mol. The molecule has 1 aromatic carbocycles. The number of benzene rings is 1. The molecule has 74 valence electrons. The summed E-state index contributed by atoms with van der Waals surface area (Å²) in [6, 6.07) is 12.0. The predicted molar refractivity (Wildman–Crippen MR) is 57.1 cm³/mol. The summed E-state index contributed by atoms with van der Waals surface area (Å²) in [6.07, 6.45) is 0. The Kier molecular flexibility index (Phi) is 3.57. The van der Waals surface area contributed by atoms with E-state index in [4.69, 9.17) is 5.11 Å². The Labute approximate surface area is 83.8 Å². The molecule has 0 aliphatic rings. The number of aliphatic hydroxyl groups excluding tert-OH is 1. The van der Waals surface area contributed by atoms with Crippen LogP contribution in [0.25, 0.3) is 0 Å². The number of aliphatic imine (C=N–C) groups is 2. The van der Waals surface area contributed by atoms with Crippen molar-refractivity contribution in [1.29, 1.82) is 0 Å². The first-order valence-electron chi connectivity index (χ1n) is 4.47.